The van der Waals surface area contributed by atoms with Crippen molar-refractivity contribution in [1.82, 2.24) is 0 Å². The summed E-state index contributed by atoms with van der Waals surface area (Å²) in [4.78, 5) is 11.5. The highest BCUT2D eigenvalue weighted by molar-refractivity contribution is 6.64. The number of nitrogens with zero attached hydrogens (tertiary/aromatic N) is 1. The van der Waals surface area contributed by atoms with Crippen molar-refractivity contribution in [1.29, 1.82) is 5.41 Å². The molecule has 0 saturated heterocycles. The van der Waals surface area contributed by atoms with Crippen LogP contribution >= 0.6 is 0 Å². The third-order valence-corrected chi connectivity index (χ3v) is 1.89. The Kier molecular flexibility index (Phi) is 4.87. The van der Waals surface area contributed by atoms with Gasteiger partial charge in [0.2, 0.25) is 0 Å². The van der Waals surface area contributed by atoms with Gasteiger partial charge in [0.25, 0.3) is 0 Å². The lowest BCUT2D eigenvalue weighted by Gasteiger charge is -2.05. The molecular weight excluding hydrogens is 218 g/mol. The van der Waals surface area contributed by atoms with E-state index in [1.165, 1.54) is 6.92 Å². The average Bonchev–Trinajstić information content (AvgIpc) is 2.30. The molecule has 0 unspecified atom stereocenters. The summed E-state index contributed by atoms with van der Waals surface area (Å²) in [7, 11) is 0. The first-order chi connectivity index (χ1) is 8.15. The highest BCUT2D eigenvalue weighted by atomic mass is 16.5. The third kappa shape index (κ3) is 4.06. The molecule has 17 heavy (non-hydrogen) atoms. The smallest absolute Gasteiger partial charge is 0.360 e. The van der Waals surface area contributed by atoms with E-state index in [4.69, 9.17) is 10.1 Å². The Morgan fingerprint density at radius 1 is 1.41 bits per heavy atom. The molecule has 0 aliphatic rings. The van der Waals surface area contributed by atoms with Crippen molar-refractivity contribution in [2.24, 2.45) is 5.10 Å². The number of benzene rings is 1. The lowest BCUT2D eigenvalue weighted by Crippen LogP contribution is -2.25. The molecule has 0 aliphatic heterocycles. The lowest BCUT2D eigenvalue weighted by molar-refractivity contribution is -0.134. The van der Waals surface area contributed by atoms with Crippen LogP contribution in [0, 0.1) is 5.41 Å². The van der Waals surface area contributed by atoms with E-state index in [-0.39, 0.29) is 18.0 Å². The molecule has 5 heteroatoms. The Morgan fingerprint density at radius 3 is 2.59 bits per heavy atom. The maximum atomic E-state index is 11.5. The number of rotatable bonds is 5. The molecule has 2 N–H and O–H groups in total. The molecule has 1 aromatic rings. The summed E-state index contributed by atoms with van der Waals surface area (Å²) in [5.74, 6) is -0.594. The van der Waals surface area contributed by atoms with Crippen molar-refractivity contribution >= 4 is 23.1 Å². The van der Waals surface area contributed by atoms with Crippen molar-refractivity contribution in [3.63, 3.8) is 0 Å². The molecule has 90 valence electrons. The normalized spacial score (nSPS) is 10.8. The molecule has 0 bridgehead atoms. The summed E-state index contributed by atoms with van der Waals surface area (Å²) in [6.45, 7) is 3.46. The number of esters is 1. The number of hydrogen-bond acceptors (Lipinski definition) is 5. The number of hydrazone groups is 1. The molecule has 1 rings (SSSR count). The van der Waals surface area contributed by atoms with Crippen LogP contribution in [0.5, 0.6) is 0 Å². The van der Waals surface area contributed by atoms with Crippen LogP contribution in [0.15, 0.2) is 35.4 Å². The van der Waals surface area contributed by atoms with Crippen LogP contribution in [0.4, 0.5) is 5.69 Å². The van der Waals surface area contributed by atoms with E-state index in [9.17, 15) is 4.79 Å². The van der Waals surface area contributed by atoms with Gasteiger partial charge in [0.15, 0.2) is 5.71 Å². The van der Waals surface area contributed by atoms with Gasteiger partial charge in [-0.2, -0.15) is 5.10 Å². The van der Waals surface area contributed by atoms with E-state index in [0.717, 1.165) is 5.69 Å². The maximum Gasteiger partial charge on any atom is 0.360 e. The van der Waals surface area contributed by atoms with E-state index in [2.05, 4.69) is 10.5 Å². The molecule has 0 radical (unpaired) electrons. The Balaban J connectivity index is 2.78. The van der Waals surface area contributed by atoms with Crippen molar-refractivity contribution in [2.75, 3.05) is 12.0 Å². The first-order valence-corrected chi connectivity index (χ1v) is 5.26. The fourth-order valence-electron chi connectivity index (χ4n) is 1.12. The summed E-state index contributed by atoms with van der Waals surface area (Å²) < 4.78 is 4.80. The van der Waals surface area contributed by atoms with E-state index in [0.29, 0.717) is 0 Å². The molecule has 0 heterocycles. The van der Waals surface area contributed by atoms with Crippen LogP contribution in [-0.2, 0) is 9.53 Å². The number of para-hydroxylation sites is 1. The van der Waals surface area contributed by atoms with Crippen LogP contribution in [0.3, 0.4) is 0 Å². The molecule has 0 spiro atoms. The highest BCUT2D eigenvalue weighted by Crippen LogP contribution is 2.04. The van der Waals surface area contributed by atoms with Gasteiger partial charge in [0.05, 0.1) is 18.0 Å². The number of carbonyl (C=O) groups excluding carboxylic acids is 1. The summed E-state index contributed by atoms with van der Waals surface area (Å²) in [5.41, 5.74) is 3.50. The minimum absolute atomic E-state index is 0.0179. The topological polar surface area (TPSA) is 74.5 Å². The van der Waals surface area contributed by atoms with Crippen molar-refractivity contribution < 1.29 is 9.53 Å². The number of carbonyl (C=O) groups is 1. The largest absolute Gasteiger partial charge is 0.461 e. The molecule has 1 aromatic carbocycles. The van der Waals surface area contributed by atoms with Crippen LogP contribution < -0.4 is 5.43 Å². The minimum Gasteiger partial charge on any atom is -0.461 e. The SMILES string of the molecule is CCOC(=O)C(=NNc1ccccc1)C(C)=N. The van der Waals surface area contributed by atoms with E-state index < -0.39 is 5.97 Å². The van der Waals surface area contributed by atoms with Gasteiger partial charge >= 0.3 is 5.97 Å². The number of hydrogen-bond donors (Lipinski definition) is 2. The first kappa shape index (κ1) is 12.9. The summed E-state index contributed by atoms with van der Waals surface area (Å²) in [5, 5.41) is 11.3. The summed E-state index contributed by atoms with van der Waals surface area (Å²) in [6.07, 6.45) is 0. The van der Waals surface area contributed by atoms with E-state index >= 15 is 0 Å². The molecule has 5 nitrogen and oxygen atoms in total. The van der Waals surface area contributed by atoms with Gasteiger partial charge < -0.3 is 10.1 Å². The Bertz CT molecular complexity index is 427. The van der Waals surface area contributed by atoms with Crippen molar-refractivity contribution in [3.05, 3.63) is 30.3 Å². The Hall–Kier alpha value is -2.17. The van der Waals surface area contributed by atoms with Gasteiger partial charge in [-0.05, 0) is 26.0 Å². The second kappa shape index (κ2) is 6.42. The third-order valence-electron chi connectivity index (χ3n) is 1.89. The standard InChI is InChI=1S/C12H15N3O2/c1-3-17-12(16)11(9(2)13)15-14-10-7-5-4-6-8-10/h4-8,13-14H,3H2,1-2H3. The molecule has 0 aromatic heterocycles. The second-order valence-electron chi connectivity index (χ2n) is 3.28. The minimum atomic E-state index is -0.594. The molecule has 0 amide bonds. The first-order valence-electron chi connectivity index (χ1n) is 5.26. The van der Waals surface area contributed by atoms with Crippen molar-refractivity contribution in [2.45, 2.75) is 13.8 Å². The monoisotopic (exact) mass is 233 g/mol. The van der Waals surface area contributed by atoms with Crippen LogP contribution in [0.25, 0.3) is 0 Å². The maximum absolute atomic E-state index is 11.5. The number of ether oxygens (including phenoxy) is 1. The van der Waals surface area contributed by atoms with Gasteiger partial charge in [-0.3, -0.25) is 5.43 Å². The van der Waals surface area contributed by atoms with Gasteiger partial charge in [-0.1, -0.05) is 18.2 Å². The average molecular weight is 233 g/mol. The summed E-state index contributed by atoms with van der Waals surface area (Å²) in [6, 6.07) is 9.19. The molecule has 0 aliphatic carbocycles. The van der Waals surface area contributed by atoms with Gasteiger partial charge in [0, 0.05) is 0 Å². The van der Waals surface area contributed by atoms with E-state index in [1.54, 1.807) is 6.92 Å². The lowest BCUT2D eigenvalue weighted by atomic mass is 10.2. The van der Waals surface area contributed by atoms with Crippen LogP contribution in [0.2, 0.25) is 0 Å². The van der Waals surface area contributed by atoms with Gasteiger partial charge in [-0.25, -0.2) is 4.79 Å². The molecule has 0 atom stereocenters. The van der Waals surface area contributed by atoms with Crippen LogP contribution in [0.1, 0.15) is 13.8 Å². The second-order valence-corrected chi connectivity index (χ2v) is 3.28. The zero-order valence-electron chi connectivity index (χ0n) is 9.86. The quantitative estimate of drug-likeness (QED) is 0.464. The van der Waals surface area contributed by atoms with Gasteiger partial charge in [-0.15, -0.1) is 0 Å². The summed E-state index contributed by atoms with van der Waals surface area (Å²) >= 11 is 0. The zero-order valence-corrected chi connectivity index (χ0v) is 9.86. The fourth-order valence-corrected chi connectivity index (χ4v) is 1.12. The predicted octanol–water partition coefficient (Wildman–Crippen LogP) is 2.06. The Morgan fingerprint density at radius 2 is 2.06 bits per heavy atom. The fraction of sp³-hybridized carbons (Fsp3) is 0.250. The Labute approximate surface area is 100.0 Å². The molecule has 0 saturated carbocycles. The zero-order chi connectivity index (χ0) is 12.7. The molecular formula is C12H15N3O2. The van der Waals surface area contributed by atoms with Crippen LogP contribution in [-0.4, -0.2) is 24.0 Å². The van der Waals surface area contributed by atoms with Crippen molar-refractivity contribution in [3.8, 4) is 0 Å². The molecule has 0 fully saturated rings. The highest BCUT2D eigenvalue weighted by Gasteiger charge is 2.14. The predicted molar refractivity (Wildman–Crippen MR) is 67.5 cm³/mol. The number of nitrogens with one attached hydrogen (secondary N) is 2. The van der Waals surface area contributed by atoms with Gasteiger partial charge in [0.1, 0.15) is 0 Å². The van der Waals surface area contributed by atoms with E-state index in [1.807, 2.05) is 30.3 Å². The number of anilines is 1.